The van der Waals surface area contributed by atoms with Crippen LogP contribution < -0.4 is 20.1 Å². The molecule has 0 atom stereocenters. The molecule has 2 amide bonds. The van der Waals surface area contributed by atoms with E-state index in [2.05, 4.69) is 10.6 Å². The number of ether oxygens (including phenoxy) is 2. The van der Waals surface area contributed by atoms with Crippen LogP contribution in [0.25, 0.3) is 0 Å². The molecule has 1 heterocycles. The van der Waals surface area contributed by atoms with Crippen LogP contribution in [0.15, 0.2) is 30.3 Å². The SMILES string of the molecule is COc1cc(OC)c(NC(=O)CNc2cc(Cl)ccc2C(=O)N2CCCC2)cc1Cl. The number of nitrogens with one attached hydrogen (secondary N) is 2. The lowest BCUT2D eigenvalue weighted by atomic mass is 10.1. The Morgan fingerprint density at radius 3 is 2.37 bits per heavy atom. The first-order valence-corrected chi connectivity index (χ1v) is 10.2. The highest BCUT2D eigenvalue weighted by molar-refractivity contribution is 6.32. The second-order valence-electron chi connectivity index (χ2n) is 6.78. The highest BCUT2D eigenvalue weighted by Gasteiger charge is 2.22. The summed E-state index contributed by atoms with van der Waals surface area (Å²) in [4.78, 5) is 27.1. The number of hydrogen-bond acceptors (Lipinski definition) is 5. The molecule has 1 aliphatic heterocycles. The molecule has 2 aromatic rings. The van der Waals surface area contributed by atoms with Crippen LogP contribution in [0.4, 0.5) is 11.4 Å². The van der Waals surface area contributed by atoms with Crippen molar-refractivity contribution in [1.82, 2.24) is 4.90 Å². The predicted molar refractivity (Wildman–Crippen MR) is 118 cm³/mol. The highest BCUT2D eigenvalue weighted by atomic mass is 35.5. The van der Waals surface area contributed by atoms with E-state index in [-0.39, 0.29) is 18.4 Å². The van der Waals surface area contributed by atoms with E-state index in [9.17, 15) is 9.59 Å². The maximum absolute atomic E-state index is 12.8. The van der Waals surface area contributed by atoms with Crippen molar-refractivity contribution in [2.45, 2.75) is 12.8 Å². The fraction of sp³-hybridized carbons (Fsp3) is 0.333. The van der Waals surface area contributed by atoms with Gasteiger partial charge < -0.3 is 25.0 Å². The second-order valence-corrected chi connectivity index (χ2v) is 7.62. The summed E-state index contributed by atoms with van der Waals surface area (Å²) >= 11 is 12.2. The lowest BCUT2D eigenvalue weighted by Gasteiger charge is -2.19. The zero-order valence-electron chi connectivity index (χ0n) is 16.8. The van der Waals surface area contributed by atoms with Crippen molar-refractivity contribution >= 4 is 46.4 Å². The number of anilines is 2. The van der Waals surface area contributed by atoms with E-state index in [1.165, 1.54) is 14.2 Å². The van der Waals surface area contributed by atoms with Gasteiger partial charge in [-0.15, -0.1) is 0 Å². The normalized spacial score (nSPS) is 13.1. The van der Waals surface area contributed by atoms with E-state index in [1.54, 1.807) is 35.2 Å². The molecule has 0 radical (unpaired) electrons. The second kappa shape index (κ2) is 9.91. The Morgan fingerprint density at radius 1 is 1.00 bits per heavy atom. The molecule has 0 spiro atoms. The van der Waals surface area contributed by atoms with Crippen molar-refractivity contribution in [3.8, 4) is 11.5 Å². The van der Waals surface area contributed by atoms with Gasteiger partial charge in [0.15, 0.2) is 0 Å². The molecule has 7 nitrogen and oxygen atoms in total. The van der Waals surface area contributed by atoms with Gasteiger partial charge >= 0.3 is 0 Å². The topological polar surface area (TPSA) is 79.9 Å². The molecule has 0 saturated carbocycles. The number of hydrogen-bond donors (Lipinski definition) is 2. The molecule has 0 aromatic heterocycles. The minimum absolute atomic E-state index is 0.0734. The Kier molecular flexibility index (Phi) is 7.29. The van der Waals surface area contributed by atoms with E-state index < -0.39 is 0 Å². The van der Waals surface area contributed by atoms with Gasteiger partial charge in [-0.2, -0.15) is 0 Å². The third-order valence-electron chi connectivity index (χ3n) is 4.79. The van der Waals surface area contributed by atoms with Gasteiger partial charge in [-0.1, -0.05) is 23.2 Å². The summed E-state index contributed by atoms with van der Waals surface area (Å²) in [6, 6.07) is 8.13. The summed E-state index contributed by atoms with van der Waals surface area (Å²) in [6.45, 7) is 1.40. The van der Waals surface area contributed by atoms with Crippen LogP contribution in [0.1, 0.15) is 23.2 Å². The largest absolute Gasteiger partial charge is 0.495 e. The standard InChI is InChI=1S/C21H23Cl2N3O4/c1-29-18-11-19(30-2)17(10-15(18)23)25-20(27)12-24-16-9-13(22)5-6-14(16)21(28)26-7-3-4-8-26/h5-6,9-11,24H,3-4,7-8,12H2,1-2H3,(H,25,27). The maximum atomic E-state index is 12.8. The summed E-state index contributed by atoms with van der Waals surface area (Å²) in [5.74, 6) is 0.440. The molecular formula is C21H23Cl2N3O4. The molecule has 0 unspecified atom stereocenters. The Bertz CT molecular complexity index is 946. The van der Waals surface area contributed by atoms with E-state index in [1.807, 2.05) is 0 Å². The summed E-state index contributed by atoms with van der Waals surface area (Å²) in [5, 5.41) is 6.57. The first kappa shape index (κ1) is 22.1. The first-order chi connectivity index (χ1) is 14.4. The van der Waals surface area contributed by atoms with Crippen molar-refractivity contribution in [1.29, 1.82) is 0 Å². The third-order valence-corrected chi connectivity index (χ3v) is 5.32. The van der Waals surface area contributed by atoms with Crippen molar-refractivity contribution in [3.05, 3.63) is 45.9 Å². The Labute approximate surface area is 185 Å². The monoisotopic (exact) mass is 451 g/mol. The van der Waals surface area contributed by atoms with Gasteiger partial charge in [0.1, 0.15) is 11.5 Å². The van der Waals surface area contributed by atoms with Gasteiger partial charge in [-0.05, 0) is 37.1 Å². The van der Waals surface area contributed by atoms with Crippen LogP contribution in [0.5, 0.6) is 11.5 Å². The highest BCUT2D eigenvalue weighted by Crippen LogP contribution is 2.35. The number of carbonyl (C=O) groups excluding carboxylic acids is 2. The van der Waals surface area contributed by atoms with Crippen molar-refractivity contribution < 1.29 is 19.1 Å². The van der Waals surface area contributed by atoms with Gasteiger partial charge in [-0.3, -0.25) is 9.59 Å². The molecule has 30 heavy (non-hydrogen) atoms. The van der Waals surface area contributed by atoms with Gasteiger partial charge in [0.05, 0.1) is 37.0 Å². The molecule has 1 fully saturated rings. The van der Waals surface area contributed by atoms with E-state index in [0.29, 0.717) is 38.5 Å². The zero-order valence-corrected chi connectivity index (χ0v) is 18.3. The van der Waals surface area contributed by atoms with Crippen LogP contribution in [0.3, 0.4) is 0 Å². The van der Waals surface area contributed by atoms with Gasteiger partial charge in [0.2, 0.25) is 5.91 Å². The summed E-state index contributed by atoms with van der Waals surface area (Å²) in [7, 11) is 2.98. The van der Waals surface area contributed by atoms with Gasteiger partial charge in [-0.25, -0.2) is 0 Å². The Hall–Kier alpha value is -2.64. The Balaban J connectivity index is 1.71. The van der Waals surface area contributed by atoms with Crippen LogP contribution in [0.2, 0.25) is 10.0 Å². The molecule has 9 heteroatoms. The van der Waals surface area contributed by atoms with Crippen molar-refractivity contribution in [3.63, 3.8) is 0 Å². The maximum Gasteiger partial charge on any atom is 0.255 e. The van der Waals surface area contributed by atoms with Crippen LogP contribution in [-0.2, 0) is 4.79 Å². The molecule has 2 aromatic carbocycles. The fourth-order valence-electron chi connectivity index (χ4n) is 3.27. The lowest BCUT2D eigenvalue weighted by molar-refractivity contribution is -0.114. The number of nitrogens with zero attached hydrogens (tertiary/aromatic N) is 1. The average Bonchev–Trinajstić information content (AvgIpc) is 3.27. The first-order valence-electron chi connectivity index (χ1n) is 9.47. The summed E-state index contributed by atoms with van der Waals surface area (Å²) in [6.07, 6.45) is 1.99. The van der Waals surface area contributed by atoms with Gasteiger partial charge in [0.25, 0.3) is 5.91 Å². The molecule has 160 valence electrons. The van der Waals surface area contributed by atoms with Crippen molar-refractivity contribution in [2.24, 2.45) is 0 Å². The van der Waals surface area contributed by atoms with Crippen molar-refractivity contribution in [2.75, 3.05) is 44.5 Å². The minimum atomic E-state index is -0.339. The molecule has 0 aliphatic carbocycles. The number of carbonyl (C=O) groups is 2. The predicted octanol–water partition coefficient (Wildman–Crippen LogP) is 4.30. The fourth-order valence-corrected chi connectivity index (χ4v) is 3.68. The number of methoxy groups -OCH3 is 2. The summed E-state index contributed by atoms with van der Waals surface area (Å²) in [5.41, 5.74) is 1.41. The number of rotatable bonds is 7. The van der Waals surface area contributed by atoms with E-state index in [4.69, 9.17) is 32.7 Å². The number of halogens is 2. The van der Waals surface area contributed by atoms with Crippen LogP contribution in [0, 0.1) is 0 Å². The van der Waals surface area contributed by atoms with E-state index >= 15 is 0 Å². The number of benzene rings is 2. The lowest BCUT2D eigenvalue weighted by Crippen LogP contribution is -2.29. The molecule has 3 rings (SSSR count). The van der Waals surface area contributed by atoms with Gasteiger partial charge in [0, 0.05) is 29.9 Å². The zero-order chi connectivity index (χ0) is 21.7. The minimum Gasteiger partial charge on any atom is -0.495 e. The number of likely N-dealkylation sites (tertiary alicyclic amines) is 1. The summed E-state index contributed by atoms with van der Waals surface area (Å²) < 4.78 is 10.4. The van der Waals surface area contributed by atoms with E-state index in [0.717, 1.165) is 25.9 Å². The molecule has 1 aliphatic rings. The number of amides is 2. The third kappa shape index (κ3) is 5.09. The average molecular weight is 452 g/mol. The molecule has 2 N–H and O–H groups in total. The molecule has 1 saturated heterocycles. The van der Waals surface area contributed by atoms with Crippen LogP contribution >= 0.6 is 23.2 Å². The quantitative estimate of drug-likeness (QED) is 0.655. The Morgan fingerprint density at radius 2 is 1.70 bits per heavy atom. The molecular weight excluding hydrogens is 429 g/mol. The van der Waals surface area contributed by atoms with Crippen LogP contribution in [-0.4, -0.2) is 50.6 Å². The smallest absolute Gasteiger partial charge is 0.255 e. The molecule has 0 bridgehead atoms.